The SMILES string of the molecule is CCc1[nH]cnc1N. The van der Waals surface area contributed by atoms with Gasteiger partial charge in [0.15, 0.2) is 0 Å². The van der Waals surface area contributed by atoms with Gasteiger partial charge >= 0.3 is 0 Å². The quantitative estimate of drug-likeness (QED) is 0.556. The molecule has 0 saturated carbocycles. The minimum atomic E-state index is 0.618. The summed E-state index contributed by atoms with van der Waals surface area (Å²) in [5.41, 5.74) is 6.43. The number of nitrogen functional groups attached to an aromatic ring is 1. The maximum atomic E-state index is 5.41. The number of nitrogens with zero attached hydrogens (tertiary/aromatic N) is 1. The molecule has 0 aromatic carbocycles. The number of aromatic amines is 1. The number of aryl methyl sites for hydroxylation is 1. The van der Waals surface area contributed by atoms with E-state index in [9.17, 15) is 0 Å². The van der Waals surface area contributed by atoms with Crippen LogP contribution in [-0.2, 0) is 6.42 Å². The molecule has 0 aliphatic carbocycles. The van der Waals surface area contributed by atoms with Crippen LogP contribution in [0, 0.1) is 0 Å². The third-order valence-electron chi connectivity index (χ3n) is 1.11. The molecule has 0 saturated heterocycles. The van der Waals surface area contributed by atoms with Gasteiger partial charge in [0.05, 0.1) is 12.0 Å². The lowest BCUT2D eigenvalue weighted by molar-refractivity contribution is 1.07. The topological polar surface area (TPSA) is 54.7 Å². The fourth-order valence-corrected chi connectivity index (χ4v) is 0.615. The van der Waals surface area contributed by atoms with E-state index in [0.29, 0.717) is 5.82 Å². The zero-order valence-electron chi connectivity index (χ0n) is 4.81. The maximum Gasteiger partial charge on any atom is 0.144 e. The summed E-state index contributed by atoms with van der Waals surface area (Å²) in [7, 11) is 0. The van der Waals surface area contributed by atoms with E-state index in [4.69, 9.17) is 5.73 Å². The molecule has 44 valence electrons. The summed E-state index contributed by atoms with van der Waals surface area (Å²) in [6.45, 7) is 2.03. The monoisotopic (exact) mass is 111 g/mol. The molecule has 1 aromatic heterocycles. The van der Waals surface area contributed by atoms with Crippen LogP contribution in [0.2, 0.25) is 0 Å². The molecule has 0 aliphatic heterocycles. The molecule has 1 rings (SSSR count). The fourth-order valence-electron chi connectivity index (χ4n) is 0.615. The number of imidazole rings is 1. The van der Waals surface area contributed by atoms with Crippen LogP contribution in [0.1, 0.15) is 12.6 Å². The van der Waals surface area contributed by atoms with Crippen LogP contribution in [0.25, 0.3) is 0 Å². The zero-order chi connectivity index (χ0) is 5.98. The Morgan fingerprint density at radius 2 is 2.62 bits per heavy atom. The van der Waals surface area contributed by atoms with Crippen LogP contribution in [0.5, 0.6) is 0 Å². The van der Waals surface area contributed by atoms with E-state index in [1.165, 1.54) is 0 Å². The Balaban J connectivity index is 2.92. The molecular formula is C5H9N3. The number of hydrogen-bond donors (Lipinski definition) is 2. The summed E-state index contributed by atoms with van der Waals surface area (Å²) in [6, 6.07) is 0. The lowest BCUT2D eigenvalue weighted by atomic mass is 10.3. The summed E-state index contributed by atoms with van der Waals surface area (Å²) in [5, 5.41) is 0. The lowest BCUT2D eigenvalue weighted by Gasteiger charge is -1.87. The van der Waals surface area contributed by atoms with Crippen molar-refractivity contribution in [3.8, 4) is 0 Å². The molecule has 3 heteroatoms. The Morgan fingerprint density at radius 1 is 1.88 bits per heavy atom. The lowest BCUT2D eigenvalue weighted by Crippen LogP contribution is -1.89. The molecule has 0 fully saturated rings. The van der Waals surface area contributed by atoms with Gasteiger partial charge in [-0.1, -0.05) is 6.92 Å². The highest BCUT2D eigenvalue weighted by molar-refractivity contribution is 5.33. The van der Waals surface area contributed by atoms with Gasteiger partial charge in [-0.05, 0) is 6.42 Å². The van der Waals surface area contributed by atoms with Gasteiger partial charge in [0.2, 0.25) is 0 Å². The van der Waals surface area contributed by atoms with E-state index in [1.54, 1.807) is 6.33 Å². The summed E-state index contributed by atoms with van der Waals surface area (Å²) in [5.74, 6) is 0.618. The van der Waals surface area contributed by atoms with E-state index in [0.717, 1.165) is 12.1 Å². The second-order valence-electron chi connectivity index (χ2n) is 1.62. The largest absolute Gasteiger partial charge is 0.382 e. The minimum absolute atomic E-state index is 0.618. The first-order valence-electron chi connectivity index (χ1n) is 2.62. The molecule has 0 radical (unpaired) electrons. The Bertz CT molecular complexity index is 168. The molecule has 0 atom stereocenters. The molecule has 1 heterocycles. The van der Waals surface area contributed by atoms with Gasteiger partial charge in [-0.15, -0.1) is 0 Å². The Hall–Kier alpha value is -0.990. The van der Waals surface area contributed by atoms with E-state index in [-0.39, 0.29) is 0 Å². The van der Waals surface area contributed by atoms with Gasteiger partial charge < -0.3 is 10.7 Å². The number of aromatic nitrogens is 2. The molecule has 0 aliphatic rings. The van der Waals surface area contributed by atoms with Gasteiger partial charge in [-0.3, -0.25) is 0 Å². The average Bonchev–Trinajstić information content (AvgIpc) is 2.14. The first kappa shape index (κ1) is 5.15. The van der Waals surface area contributed by atoms with E-state index < -0.39 is 0 Å². The number of nitrogens with one attached hydrogen (secondary N) is 1. The Morgan fingerprint density at radius 3 is 2.88 bits per heavy atom. The molecule has 0 amide bonds. The third kappa shape index (κ3) is 0.665. The summed E-state index contributed by atoms with van der Waals surface area (Å²) in [4.78, 5) is 6.73. The van der Waals surface area contributed by atoms with Crippen molar-refractivity contribution in [1.82, 2.24) is 9.97 Å². The number of nitrogens with two attached hydrogens (primary N) is 1. The van der Waals surface area contributed by atoms with Gasteiger partial charge in [0.1, 0.15) is 5.82 Å². The van der Waals surface area contributed by atoms with Gasteiger partial charge in [-0.2, -0.15) is 0 Å². The van der Waals surface area contributed by atoms with E-state index in [2.05, 4.69) is 9.97 Å². The first-order chi connectivity index (χ1) is 3.84. The van der Waals surface area contributed by atoms with Crippen molar-refractivity contribution >= 4 is 5.82 Å². The number of anilines is 1. The van der Waals surface area contributed by atoms with Gasteiger partial charge in [0.25, 0.3) is 0 Å². The predicted octanol–water partition coefficient (Wildman–Crippen LogP) is 0.554. The molecular weight excluding hydrogens is 102 g/mol. The molecule has 1 aromatic rings. The van der Waals surface area contributed by atoms with Crippen LogP contribution >= 0.6 is 0 Å². The summed E-state index contributed by atoms with van der Waals surface area (Å²) in [6.07, 6.45) is 2.53. The summed E-state index contributed by atoms with van der Waals surface area (Å²) >= 11 is 0. The van der Waals surface area contributed by atoms with Gasteiger partial charge in [-0.25, -0.2) is 4.98 Å². The van der Waals surface area contributed by atoms with Gasteiger partial charge in [0, 0.05) is 0 Å². The van der Waals surface area contributed by atoms with Crippen molar-refractivity contribution in [2.24, 2.45) is 0 Å². The predicted molar refractivity (Wildman–Crippen MR) is 32.4 cm³/mol. The zero-order valence-corrected chi connectivity index (χ0v) is 4.81. The second-order valence-corrected chi connectivity index (χ2v) is 1.62. The number of hydrogen-bond acceptors (Lipinski definition) is 2. The van der Waals surface area contributed by atoms with Crippen molar-refractivity contribution in [2.75, 3.05) is 5.73 Å². The highest BCUT2D eigenvalue weighted by Gasteiger charge is 1.94. The van der Waals surface area contributed by atoms with Crippen LogP contribution in [0.3, 0.4) is 0 Å². The van der Waals surface area contributed by atoms with E-state index in [1.807, 2.05) is 6.92 Å². The normalized spacial score (nSPS) is 9.62. The maximum absolute atomic E-state index is 5.41. The smallest absolute Gasteiger partial charge is 0.144 e. The van der Waals surface area contributed by atoms with Crippen LogP contribution in [-0.4, -0.2) is 9.97 Å². The molecule has 3 N–H and O–H groups in total. The van der Waals surface area contributed by atoms with Crippen molar-refractivity contribution in [1.29, 1.82) is 0 Å². The number of H-pyrrole nitrogens is 1. The minimum Gasteiger partial charge on any atom is -0.382 e. The van der Waals surface area contributed by atoms with Crippen LogP contribution in [0.15, 0.2) is 6.33 Å². The standard InChI is InChI=1S/C5H9N3/c1-2-4-5(6)8-3-7-4/h3H,2,6H2,1H3,(H,7,8). The Kier molecular flexibility index (Phi) is 1.20. The van der Waals surface area contributed by atoms with Crippen LogP contribution < -0.4 is 5.73 Å². The molecule has 3 nitrogen and oxygen atoms in total. The molecule has 0 spiro atoms. The highest BCUT2D eigenvalue weighted by atomic mass is 15.0. The number of rotatable bonds is 1. The van der Waals surface area contributed by atoms with Crippen molar-refractivity contribution in [3.05, 3.63) is 12.0 Å². The second kappa shape index (κ2) is 1.86. The molecule has 0 bridgehead atoms. The fraction of sp³-hybridized carbons (Fsp3) is 0.400. The van der Waals surface area contributed by atoms with Crippen molar-refractivity contribution in [3.63, 3.8) is 0 Å². The summed E-state index contributed by atoms with van der Waals surface area (Å²) < 4.78 is 0. The van der Waals surface area contributed by atoms with E-state index >= 15 is 0 Å². The van der Waals surface area contributed by atoms with Crippen molar-refractivity contribution < 1.29 is 0 Å². The van der Waals surface area contributed by atoms with Crippen LogP contribution in [0.4, 0.5) is 5.82 Å². The Labute approximate surface area is 47.9 Å². The highest BCUT2D eigenvalue weighted by Crippen LogP contribution is 2.02. The average molecular weight is 111 g/mol. The third-order valence-corrected chi connectivity index (χ3v) is 1.11. The first-order valence-corrected chi connectivity index (χ1v) is 2.62. The van der Waals surface area contributed by atoms with Crippen molar-refractivity contribution in [2.45, 2.75) is 13.3 Å². The molecule has 0 unspecified atom stereocenters. The molecule has 8 heavy (non-hydrogen) atoms.